The average molecular weight is 444 g/mol. The molecule has 0 aliphatic carbocycles. The van der Waals surface area contributed by atoms with Crippen molar-refractivity contribution in [3.63, 3.8) is 0 Å². The molecule has 1 aromatic carbocycles. The van der Waals surface area contributed by atoms with Crippen LogP contribution in [0, 0.1) is 5.92 Å². The molecular formula is C24H31N2O2S2+. The summed E-state index contributed by atoms with van der Waals surface area (Å²) in [6.07, 6.45) is 7.18. The van der Waals surface area contributed by atoms with Gasteiger partial charge >= 0.3 is 5.97 Å². The molecule has 2 aromatic rings. The van der Waals surface area contributed by atoms with Gasteiger partial charge in [-0.15, -0.1) is 0 Å². The van der Waals surface area contributed by atoms with Crippen LogP contribution in [-0.4, -0.2) is 37.2 Å². The Kier molecular flexibility index (Phi) is 9.15. The molecule has 4 nitrogen and oxygen atoms in total. The fraction of sp³-hybridized carbons (Fsp3) is 0.417. The van der Waals surface area contributed by atoms with Crippen LogP contribution >= 0.6 is 21.6 Å². The zero-order chi connectivity index (χ0) is 21.2. The van der Waals surface area contributed by atoms with Crippen LogP contribution in [0.1, 0.15) is 31.5 Å². The Morgan fingerprint density at radius 1 is 1.10 bits per heavy atom. The maximum absolute atomic E-state index is 12.0. The minimum atomic E-state index is -0.0427. The minimum Gasteiger partial charge on any atom is -0.465 e. The van der Waals surface area contributed by atoms with Gasteiger partial charge in [0, 0.05) is 54.9 Å². The summed E-state index contributed by atoms with van der Waals surface area (Å²) < 4.78 is 7.67. The summed E-state index contributed by atoms with van der Waals surface area (Å²) in [5, 5.41) is 0. The Labute approximate surface area is 188 Å². The van der Waals surface area contributed by atoms with Crippen LogP contribution in [-0.2, 0) is 16.1 Å². The van der Waals surface area contributed by atoms with Crippen molar-refractivity contribution in [2.75, 3.05) is 36.1 Å². The Hall–Kier alpha value is -1.92. The molecule has 1 fully saturated rings. The highest BCUT2D eigenvalue weighted by Crippen LogP contribution is 2.35. The Balaban J connectivity index is 1.53. The molecule has 30 heavy (non-hydrogen) atoms. The van der Waals surface area contributed by atoms with Crippen LogP contribution < -0.4 is 9.47 Å². The summed E-state index contributed by atoms with van der Waals surface area (Å²) in [5.74, 6) is 1.78. The first-order chi connectivity index (χ1) is 14.7. The van der Waals surface area contributed by atoms with Gasteiger partial charge in [0.25, 0.3) is 0 Å². The monoisotopic (exact) mass is 443 g/mol. The summed E-state index contributed by atoms with van der Waals surface area (Å²) in [7, 11) is 3.52. The number of benzene rings is 1. The van der Waals surface area contributed by atoms with Gasteiger partial charge in [-0.2, -0.15) is 4.57 Å². The third-order valence-electron chi connectivity index (χ3n) is 5.19. The molecule has 1 aliphatic heterocycles. The van der Waals surface area contributed by atoms with Crippen molar-refractivity contribution in [2.24, 2.45) is 5.92 Å². The van der Waals surface area contributed by atoms with E-state index in [0.29, 0.717) is 6.61 Å². The van der Waals surface area contributed by atoms with Crippen molar-refractivity contribution in [1.82, 2.24) is 0 Å². The molecule has 0 unspecified atom stereocenters. The van der Waals surface area contributed by atoms with Gasteiger partial charge < -0.3 is 9.64 Å². The average Bonchev–Trinajstić information content (AvgIpc) is 3.33. The molecule has 6 heteroatoms. The molecule has 0 spiro atoms. The standard InChI is InChI=1S/C24H31N2O2S2/c1-3-25(4-2)23-13-10-20(11-14-23)9-12-22-8-5-6-15-26(22)16-7-17-28-24(27)21-18-29-30-19-21/h5-6,8-15,21H,3-4,7,16-19H2,1-2H3/q+1. The van der Waals surface area contributed by atoms with E-state index in [0.717, 1.165) is 43.3 Å². The van der Waals surface area contributed by atoms with Crippen LogP contribution in [0.25, 0.3) is 12.2 Å². The first kappa shape index (κ1) is 22.8. The number of aryl methyl sites for hydroxylation is 1. The Bertz CT molecular complexity index is 829. The van der Waals surface area contributed by atoms with Crippen LogP contribution in [0.15, 0.2) is 48.7 Å². The summed E-state index contributed by atoms with van der Waals surface area (Å²) >= 11 is 0. The number of rotatable bonds is 10. The number of carbonyl (C=O) groups excluding carboxylic acids is 1. The summed E-state index contributed by atoms with van der Waals surface area (Å²) in [6.45, 7) is 7.69. The molecule has 1 aliphatic rings. The van der Waals surface area contributed by atoms with Crippen LogP contribution in [0.3, 0.4) is 0 Å². The van der Waals surface area contributed by atoms with Gasteiger partial charge in [-0.1, -0.05) is 33.7 Å². The summed E-state index contributed by atoms with van der Waals surface area (Å²) in [6, 6.07) is 14.9. The maximum atomic E-state index is 12.0. The molecule has 0 bridgehead atoms. The quantitative estimate of drug-likeness (QED) is 0.225. The number of hydrogen-bond donors (Lipinski definition) is 0. The van der Waals surface area contributed by atoms with Crippen molar-refractivity contribution >= 4 is 45.4 Å². The number of ether oxygens (including phenoxy) is 1. The third-order valence-corrected chi connectivity index (χ3v) is 7.75. The fourth-order valence-corrected chi connectivity index (χ4v) is 6.12. The molecule has 0 saturated carbocycles. The van der Waals surface area contributed by atoms with Gasteiger partial charge in [0.05, 0.1) is 12.5 Å². The molecule has 2 heterocycles. The lowest BCUT2D eigenvalue weighted by molar-refractivity contribution is -0.699. The van der Waals surface area contributed by atoms with Gasteiger partial charge in [-0.3, -0.25) is 4.79 Å². The zero-order valence-corrected chi connectivity index (χ0v) is 19.5. The first-order valence-electron chi connectivity index (χ1n) is 10.6. The number of aromatic nitrogens is 1. The zero-order valence-electron chi connectivity index (χ0n) is 17.8. The van der Waals surface area contributed by atoms with E-state index in [-0.39, 0.29) is 11.9 Å². The maximum Gasteiger partial charge on any atom is 0.310 e. The smallest absolute Gasteiger partial charge is 0.310 e. The molecule has 1 aromatic heterocycles. The second-order valence-corrected chi connectivity index (χ2v) is 9.76. The van der Waals surface area contributed by atoms with Gasteiger partial charge in [0.2, 0.25) is 5.69 Å². The van der Waals surface area contributed by atoms with E-state index in [9.17, 15) is 4.79 Å². The number of nitrogens with zero attached hydrogens (tertiary/aromatic N) is 2. The summed E-state index contributed by atoms with van der Waals surface area (Å²) in [4.78, 5) is 14.4. The lowest BCUT2D eigenvalue weighted by Gasteiger charge is -2.20. The number of anilines is 1. The van der Waals surface area contributed by atoms with Crippen molar-refractivity contribution in [3.05, 3.63) is 59.9 Å². The van der Waals surface area contributed by atoms with Crippen LogP contribution in [0.2, 0.25) is 0 Å². The largest absolute Gasteiger partial charge is 0.465 e. The molecule has 0 amide bonds. The normalized spacial score (nSPS) is 14.3. The van der Waals surface area contributed by atoms with Crippen molar-refractivity contribution < 1.29 is 14.1 Å². The van der Waals surface area contributed by atoms with Gasteiger partial charge in [-0.05, 0) is 43.7 Å². The first-order valence-corrected chi connectivity index (χ1v) is 13.1. The number of carbonyl (C=O) groups is 1. The molecule has 3 rings (SSSR count). The van der Waals surface area contributed by atoms with Crippen molar-refractivity contribution in [2.45, 2.75) is 26.8 Å². The van der Waals surface area contributed by atoms with E-state index in [4.69, 9.17) is 4.74 Å². The molecular weight excluding hydrogens is 412 g/mol. The Morgan fingerprint density at radius 2 is 1.83 bits per heavy atom. The highest BCUT2D eigenvalue weighted by atomic mass is 33.1. The topological polar surface area (TPSA) is 33.4 Å². The van der Waals surface area contributed by atoms with E-state index >= 15 is 0 Å². The van der Waals surface area contributed by atoms with E-state index in [1.807, 2.05) is 6.07 Å². The lowest BCUT2D eigenvalue weighted by Crippen LogP contribution is -2.37. The molecule has 160 valence electrons. The highest BCUT2D eigenvalue weighted by Gasteiger charge is 2.25. The number of pyridine rings is 1. The van der Waals surface area contributed by atoms with Crippen molar-refractivity contribution in [1.29, 1.82) is 0 Å². The summed E-state index contributed by atoms with van der Waals surface area (Å²) in [5.41, 5.74) is 3.58. The number of esters is 1. The Morgan fingerprint density at radius 3 is 2.53 bits per heavy atom. The van der Waals surface area contributed by atoms with E-state index in [1.54, 1.807) is 21.6 Å². The molecule has 0 radical (unpaired) electrons. The van der Waals surface area contributed by atoms with Crippen LogP contribution in [0.5, 0.6) is 0 Å². The van der Waals surface area contributed by atoms with Gasteiger partial charge in [0.1, 0.15) is 0 Å². The SMILES string of the molecule is CCN(CC)c1ccc(/C=C/c2cccc[n+]2CCCOC(=O)C2CSSC2)cc1. The predicted octanol–water partition coefficient (Wildman–Crippen LogP) is 4.94. The van der Waals surface area contributed by atoms with Crippen molar-refractivity contribution in [3.8, 4) is 0 Å². The minimum absolute atomic E-state index is 0.0427. The number of hydrogen-bond acceptors (Lipinski definition) is 5. The molecule has 0 atom stereocenters. The second-order valence-electron chi connectivity index (χ2n) is 7.20. The van der Waals surface area contributed by atoms with E-state index in [1.165, 1.54) is 11.3 Å². The predicted molar refractivity (Wildman–Crippen MR) is 130 cm³/mol. The van der Waals surface area contributed by atoms with E-state index in [2.05, 4.69) is 78.1 Å². The second kappa shape index (κ2) is 12.1. The molecule has 1 saturated heterocycles. The van der Waals surface area contributed by atoms with Crippen LogP contribution in [0.4, 0.5) is 5.69 Å². The van der Waals surface area contributed by atoms with Gasteiger partial charge in [-0.25, -0.2) is 0 Å². The van der Waals surface area contributed by atoms with Gasteiger partial charge in [0.15, 0.2) is 12.7 Å². The third kappa shape index (κ3) is 6.54. The van der Waals surface area contributed by atoms with E-state index < -0.39 is 0 Å². The lowest BCUT2D eigenvalue weighted by atomic mass is 10.1. The fourth-order valence-electron chi connectivity index (χ4n) is 3.38. The molecule has 0 N–H and O–H groups in total. The highest BCUT2D eigenvalue weighted by molar-refractivity contribution is 8.77.